The van der Waals surface area contributed by atoms with Gasteiger partial charge < -0.3 is 36.4 Å². The number of nitrogens with one attached hydrogen (secondary N) is 5. The van der Waals surface area contributed by atoms with Crippen LogP contribution in [0.1, 0.15) is 46.3 Å². The zero-order valence-electron chi connectivity index (χ0n) is 28.1. The minimum Gasteiger partial charge on any atom is -0.480 e. The van der Waals surface area contributed by atoms with E-state index in [9.17, 15) is 37.5 Å². The molecule has 1 aliphatic rings. The van der Waals surface area contributed by atoms with Crippen molar-refractivity contribution in [2.45, 2.75) is 50.5 Å². The lowest BCUT2D eigenvalue weighted by Crippen LogP contribution is -2.45. The fraction of sp³-hybridized carbons (Fsp3) is 0.286. The van der Waals surface area contributed by atoms with Gasteiger partial charge in [0.05, 0.1) is 5.54 Å². The highest BCUT2D eigenvalue weighted by Crippen LogP contribution is 2.48. The fourth-order valence-electron chi connectivity index (χ4n) is 4.98. The van der Waals surface area contributed by atoms with Crippen molar-refractivity contribution in [1.29, 1.82) is 0 Å². The van der Waals surface area contributed by atoms with Gasteiger partial charge in [-0.2, -0.15) is 28.1 Å². The normalized spacial score (nSPS) is 13.6. The van der Waals surface area contributed by atoms with Gasteiger partial charge in [0.25, 0.3) is 5.91 Å². The van der Waals surface area contributed by atoms with E-state index in [2.05, 4.69) is 41.5 Å². The number of anilines is 3. The number of benzene rings is 3. The van der Waals surface area contributed by atoms with Crippen LogP contribution in [0.3, 0.4) is 0 Å². The van der Waals surface area contributed by atoms with E-state index in [0.29, 0.717) is 23.6 Å². The number of nitrogens with zero attached hydrogens (tertiary/aromatic N) is 3. The number of alkyl halides is 3. The van der Waals surface area contributed by atoms with E-state index in [0.717, 1.165) is 16.7 Å². The maximum absolute atomic E-state index is 12.9. The van der Waals surface area contributed by atoms with E-state index in [4.69, 9.17) is 16.3 Å². The molecule has 0 aliphatic heterocycles. The molecule has 14 nitrogen and oxygen atoms in total. The molecule has 1 atom stereocenters. The predicted molar refractivity (Wildman–Crippen MR) is 187 cm³/mol. The largest absolute Gasteiger partial charge is 0.480 e. The lowest BCUT2D eigenvalue weighted by atomic mass is 10.1. The van der Waals surface area contributed by atoms with Crippen LogP contribution >= 0.6 is 11.6 Å². The smallest absolute Gasteiger partial charge is 0.422 e. The molecule has 3 amide bonds. The van der Waals surface area contributed by atoms with Gasteiger partial charge in [0, 0.05) is 29.4 Å². The van der Waals surface area contributed by atoms with Crippen LogP contribution in [0.25, 0.3) is 0 Å². The average molecular weight is 755 g/mol. The fourth-order valence-corrected chi connectivity index (χ4v) is 5.11. The maximum atomic E-state index is 12.9. The van der Waals surface area contributed by atoms with Crippen LogP contribution in [0.4, 0.5) is 30.8 Å². The average Bonchev–Trinajstić information content (AvgIpc) is 3.90. The minimum atomic E-state index is -4.64. The van der Waals surface area contributed by atoms with Crippen molar-refractivity contribution in [2.24, 2.45) is 0 Å². The Morgan fingerprint density at radius 2 is 1.53 bits per heavy atom. The van der Waals surface area contributed by atoms with Gasteiger partial charge in [0.2, 0.25) is 11.9 Å². The third-order valence-electron chi connectivity index (χ3n) is 7.98. The number of amides is 3. The number of hydrogen-bond donors (Lipinski definition) is 6. The number of carboxylic acid groups (broad SMARTS) is 1. The molecule has 5 rings (SSSR count). The summed E-state index contributed by atoms with van der Waals surface area (Å²) < 4.78 is 43.6. The SMILES string of the molecule is Cc1ccc(CNC(=O)C(=O)NCC[C@H](NC(=O)c2ccc(Nc3nc(NC4(c5ccc(Cl)cc5)CC4)nc(OCC(F)(F)F)n3)cc2)C(=O)O)cc1. The first-order chi connectivity index (χ1) is 25.2. The van der Waals surface area contributed by atoms with Crippen molar-refractivity contribution < 1.29 is 42.2 Å². The standard InChI is InChI=1S/C35H34ClF3N8O6/c1-20-2-4-21(5-3-20)18-41-29(50)28(49)40-17-14-26(30(51)52)43-27(48)22-6-12-25(13-7-22)42-31-44-32(46-33(45-31)53-19-35(37,38)39)47-34(15-16-34)23-8-10-24(36)11-9-23/h2-13,26H,14-19H2,1H3,(H,40,49)(H,41,50)(H,43,48)(H,51,52)(H2,42,44,45,46,47)/t26-/m0/s1. The molecule has 1 saturated carbocycles. The second kappa shape index (κ2) is 16.6. The quantitative estimate of drug-likeness (QED) is 0.0927. The number of carbonyl (C=O) groups is 4. The van der Waals surface area contributed by atoms with E-state index in [-0.39, 0.29) is 37.0 Å². The Bertz CT molecular complexity index is 1940. The summed E-state index contributed by atoms with van der Waals surface area (Å²) >= 11 is 6.02. The van der Waals surface area contributed by atoms with Gasteiger partial charge in [-0.3, -0.25) is 14.4 Å². The number of hydrogen-bond acceptors (Lipinski definition) is 10. The highest BCUT2D eigenvalue weighted by Gasteiger charge is 2.45. The van der Waals surface area contributed by atoms with Gasteiger partial charge in [-0.05, 0) is 73.7 Å². The van der Waals surface area contributed by atoms with E-state index < -0.39 is 54.1 Å². The molecule has 1 heterocycles. The first kappa shape index (κ1) is 38.3. The second-order valence-corrected chi connectivity index (χ2v) is 12.6. The van der Waals surface area contributed by atoms with Crippen molar-refractivity contribution in [3.8, 4) is 6.01 Å². The first-order valence-electron chi connectivity index (χ1n) is 16.2. The molecule has 4 aromatic rings. The van der Waals surface area contributed by atoms with Crippen molar-refractivity contribution in [3.05, 3.63) is 100 Å². The Balaban J connectivity index is 1.17. The number of ether oxygens (including phenoxy) is 1. The van der Waals surface area contributed by atoms with E-state index in [1.165, 1.54) is 24.3 Å². The van der Waals surface area contributed by atoms with Gasteiger partial charge in [-0.1, -0.05) is 53.6 Å². The molecule has 53 heavy (non-hydrogen) atoms. The third-order valence-corrected chi connectivity index (χ3v) is 8.23. The zero-order valence-corrected chi connectivity index (χ0v) is 28.8. The summed E-state index contributed by atoms with van der Waals surface area (Å²) in [7, 11) is 0. The minimum absolute atomic E-state index is 0.0399. The maximum Gasteiger partial charge on any atom is 0.422 e. The molecule has 0 spiro atoms. The van der Waals surface area contributed by atoms with Crippen LogP contribution in [0.15, 0.2) is 72.8 Å². The molecule has 6 N–H and O–H groups in total. The van der Waals surface area contributed by atoms with Crippen LogP contribution in [0.2, 0.25) is 5.02 Å². The summed E-state index contributed by atoms with van der Waals surface area (Å²) in [5.74, 6) is -4.14. The Kier molecular flexibility index (Phi) is 12.0. The number of carboxylic acids is 1. The Morgan fingerprint density at radius 3 is 2.15 bits per heavy atom. The topological polar surface area (TPSA) is 197 Å². The molecular formula is C35H34ClF3N8O6. The number of rotatable bonds is 15. The molecule has 0 saturated heterocycles. The van der Waals surface area contributed by atoms with Crippen molar-refractivity contribution in [1.82, 2.24) is 30.9 Å². The Labute approximate surface area is 305 Å². The highest BCUT2D eigenvalue weighted by molar-refractivity contribution is 6.35. The Morgan fingerprint density at radius 1 is 0.887 bits per heavy atom. The lowest BCUT2D eigenvalue weighted by molar-refractivity contribution is -0.154. The van der Waals surface area contributed by atoms with Gasteiger partial charge in [-0.15, -0.1) is 0 Å². The third kappa shape index (κ3) is 11.3. The molecule has 18 heteroatoms. The Hall–Kier alpha value is -5.97. The molecular weight excluding hydrogens is 721 g/mol. The molecule has 278 valence electrons. The van der Waals surface area contributed by atoms with Crippen molar-refractivity contribution in [3.63, 3.8) is 0 Å². The molecule has 1 fully saturated rings. The monoisotopic (exact) mass is 754 g/mol. The van der Waals surface area contributed by atoms with E-state index in [1.54, 1.807) is 12.1 Å². The lowest BCUT2D eigenvalue weighted by Gasteiger charge is -2.19. The number of aromatic nitrogens is 3. The van der Waals surface area contributed by atoms with Crippen LogP contribution < -0.4 is 31.3 Å². The summed E-state index contributed by atoms with van der Waals surface area (Å²) in [4.78, 5) is 61.3. The number of halogens is 4. The van der Waals surface area contributed by atoms with Crippen LogP contribution in [0, 0.1) is 6.92 Å². The second-order valence-electron chi connectivity index (χ2n) is 12.2. The van der Waals surface area contributed by atoms with Crippen molar-refractivity contribution in [2.75, 3.05) is 23.8 Å². The molecule has 0 bridgehead atoms. The molecule has 1 aliphatic carbocycles. The molecule has 0 unspecified atom stereocenters. The molecule has 1 aromatic heterocycles. The summed E-state index contributed by atoms with van der Waals surface area (Å²) in [6.07, 6.45) is -3.45. The molecule has 3 aromatic carbocycles. The van der Waals surface area contributed by atoms with Crippen LogP contribution in [-0.4, -0.2) is 69.1 Å². The van der Waals surface area contributed by atoms with Gasteiger partial charge in [0.15, 0.2) is 6.61 Å². The first-order valence-corrected chi connectivity index (χ1v) is 16.6. The highest BCUT2D eigenvalue weighted by atomic mass is 35.5. The molecule has 0 radical (unpaired) electrons. The van der Waals surface area contributed by atoms with Gasteiger partial charge in [-0.25, -0.2) is 4.79 Å². The summed E-state index contributed by atoms with van der Waals surface area (Å²) in [6, 6.07) is 18.1. The van der Waals surface area contributed by atoms with Gasteiger partial charge >= 0.3 is 30.0 Å². The predicted octanol–water partition coefficient (Wildman–Crippen LogP) is 4.63. The number of aryl methyl sites for hydroxylation is 1. The van der Waals surface area contributed by atoms with Crippen LogP contribution in [0.5, 0.6) is 6.01 Å². The van der Waals surface area contributed by atoms with E-state index in [1.807, 2.05) is 43.3 Å². The number of carbonyl (C=O) groups excluding carboxylic acids is 3. The van der Waals surface area contributed by atoms with Crippen molar-refractivity contribution >= 4 is 52.9 Å². The summed E-state index contributed by atoms with van der Waals surface area (Å²) in [5.41, 5.74) is 2.57. The van der Waals surface area contributed by atoms with Crippen LogP contribution in [-0.2, 0) is 26.5 Å². The summed E-state index contributed by atoms with van der Waals surface area (Å²) in [6.45, 7) is 0.206. The summed E-state index contributed by atoms with van der Waals surface area (Å²) in [5, 5.41) is 23.4. The zero-order chi connectivity index (χ0) is 38.2. The van der Waals surface area contributed by atoms with E-state index >= 15 is 0 Å². The number of aliphatic carboxylic acids is 1. The van der Waals surface area contributed by atoms with Gasteiger partial charge in [0.1, 0.15) is 6.04 Å².